The minimum Gasteiger partial charge on any atom is -0.478 e. The summed E-state index contributed by atoms with van der Waals surface area (Å²) >= 11 is 6.18. The highest BCUT2D eigenvalue weighted by atomic mass is 35.5. The average Bonchev–Trinajstić information content (AvgIpc) is 2.47. The molecular weight excluding hydrogens is 290 g/mol. The molecule has 0 saturated carbocycles. The minimum absolute atomic E-state index is 0.279. The minimum atomic E-state index is -0.604. The van der Waals surface area contributed by atoms with E-state index in [4.69, 9.17) is 16.3 Å². The smallest absolute Gasteiger partial charge is 0.244 e. The molecule has 0 aromatic heterocycles. The highest BCUT2D eigenvalue weighted by Gasteiger charge is 2.27. The van der Waals surface area contributed by atoms with Crippen molar-refractivity contribution in [3.05, 3.63) is 80.4 Å². The van der Waals surface area contributed by atoms with Gasteiger partial charge in [-0.25, -0.2) is 0 Å². The predicted octanol–water partition coefficient (Wildman–Crippen LogP) is 4.19. The maximum atomic E-state index is 10.9. The Morgan fingerprint density at radius 3 is 2.62 bits per heavy atom. The molecule has 0 bridgehead atoms. The first-order chi connectivity index (χ1) is 10.1. The molecule has 3 rings (SSSR count). The van der Waals surface area contributed by atoms with Crippen molar-refractivity contribution >= 4 is 23.4 Å². The summed E-state index contributed by atoms with van der Waals surface area (Å²) in [7, 11) is 0. The van der Waals surface area contributed by atoms with Crippen molar-refractivity contribution in [3.8, 4) is 0 Å². The average molecular weight is 302 g/mol. The van der Waals surface area contributed by atoms with Crippen LogP contribution in [0.4, 0.5) is 0 Å². The van der Waals surface area contributed by atoms with Crippen LogP contribution in [0.2, 0.25) is 5.02 Å². The number of nitrogens with zero attached hydrogens (tertiary/aromatic N) is 1. The molecule has 1 aliphatic heterocycles. The van der Waals surface area contributed by atoms with Gasteiger partial charge in [0.1, 0.15) is 5.76 Å². The first-order valence-electron chi connectivity index (χ1n) is 6.49. The van der Waals surface area contributed by atoms with Crippen LogP contribution in [0.15, 0.2) is 48.5 Å². The lowest BCUT2D eigenvalue weighted by atomic mass is 9.97. The molecule has 0 saturated heterocycles. The van der Waals surface area contributed by atoms with Gasteiger partial charge in [-0.05, 0) is 23.8 Å². The second kappa shape index (κ2) is 5.58. The van der Waals surface area contributed by atoms with Gasteiger partial charge >= 0.3 is 0 Å². The van der Waals surface area contributed by atoms with Crippen LogP contribution in [0.5, 0.6) is 0 Å². The molecular formula is C16H12ClNO3. The van der Waals surface area contributed by atoms with E-state index in [1.807, 2.05) is 48.5 Å². The maximum Gasteiger partial charge on any atom is 0.244 e. The first kappa shape index (κ1) is 13.6. The van der Waals surface area contributed by atoms with Crippen LogP contribution >= 0.6 is 11.6 Å². The fourth-order valence-corrected chi connectivity index (χ4v) is 2.63. The fraction of sp³-hybridized carbons (Fsp3) is 0.125. The zero-order valence-electron chi connectivity index (χ0n) is 11.0. The zero-order valence-corrected chi connectivity index (χ0v) is 11.8. The number of nitro groups is 1. The number of rotatable bonds is 3. The number of ether oxygens (including phenoxy) is 1. The summed E-state index contributed by atoms with van der Waals surface area (Å²) in [6.07, 6.45) is 1.26. The third-order valence-electron chi connectivity index (χ3n) is 3.35. The Labute approximate surface area is 126 Å². The van der Waals surface area contributed by atoms with E-state index in [0.29, 0.717) is 10.8 Å². The quantitative estimate of drug-likeness (QED) is 0.631. The first-order valence-corrected chi connectivity index (χ1v) is 6.87. The van der Waals surface area contributed by atoms with Gasteiger partial charge in [-0.15, -0.1) is 0 Å². The molecule has 0 N–H and O–H groups in total. The summed E-state index contributed by atoms with van der Waals surface area (Å²) in [5.74, 6) is 0.561. The van der Waals surface area contributed by atoms with Gasteiger partial charge < -0.3 is 4.74 Å². The van der Waals surface area contributed by atoms with Gasteiger partial charge in [0, 0.05) is 16.1 Å². The fourth-order valence-electron chi connectivity index (χ4n) is 2.40. The molecule has 1 heterocycles. The van der Waals surface area contributed by atoms with Gasteiger partial charge in [0.2, 0.25) is 6.54 Å². The molecule has 0 fully saturated rings. The van der Waals surface area contributed by atoms with Gasteiger partial charge in [0.05, 0.1) is 5.02 Å². The van der Waals surface area contributed by atoms with Crippen molar-refractivity contribution in [1.82, 2.24) is 0 Å². The zero-order chi connectivity index (χ0) is 14.8. The van der Waals surface area contributed by atoms with E-state index >= 15 is 0 Å². The van der Waals surface area contributed by atoms with E-state index in [0.717, 1.165) is 16.7 Å². The Bertz CT molecular complexity index is 727. The highest BCUT2D eigenvalue weighted by molar-refractivity contribution is 6.32. The van der Waals surface area contributed by atoms with Crippen LogP contribution < -0.4 is 0 Å². The molecule has 0 amide bonds. The van der Waals surface area contributed by atoms with E-state index < -0.39 is 6.10 Å². The molecule has 2 aromatic rings. The van der Waals surface area contributed by atoms with Crippen LogP contribution in [0.3, 0.4) is 0 Å². The van der Waals surface area contributed by atoms with Crippen molar-refractivity contribution < 1.29 is 9.66 Å². The van der Waals surface area contributed by atoms with Crippen molar-refractivity contribution in [3.63, 3.8) is 0 Å². The lowest BCUT2D eigenvalue weighted by molar-refractivity contribution is -0.491. The lowest BCUT2D eigenvalue weighted by Crippen LogP contribution is -2.18. The van der Waals surface area contributed by atoms with E-state index in [1.54, 1.807) is 6.07 Å². The van der Waals surface area contributed by atoms with Crippen molar-refractivity contribution in [2.45, 2.75) is 6.10 Å². The SMILES string of the molecule is O=[N+]([O-])CC1OC(c2ccccc2Cl)=Cc2ccccc21. The Hall–Kier alpha value is -2.33. The predicted molar refractivity (Wildman–Crippen MR) is 81.5 cm³/mol. The van der Waals surface area contributed by atoms with Crippen molar-refractivity contribution in [1.29, 1.82) is 0 Å². The largest absolute Gasteiger partial charge is 0.478 e. The summed E-state index contributed by atoms with van der Waals surface area (Å²) in [6, 6.07) is 14.8. The van der Waals surface area contributed by atoms with Crippen LogP contribution in [-0.4, -0.2) is 11.5 Å². The maximum absolute atomic E-state index is 10.9. The highest BCUT2D eigenvalue weighted by Crippen LogP contribution is 2.37. The number of halogens is 1. The van der Waals surface area contributed by atoms with Gasteiger partial charge in [0.25, 0.3) is 0 Å². The Kier molecular flexibility index (Phi) is 3.62. The molecule has 106 valence electrons. The Morgan fingerprint density at radius 1 is 1.14 bits per heavy atom. The molecule has 1 aliphatic rings. The van der Waals surface area contributed by atoms with E-state index in [2.05, 4.69) is 0 Å². The number of hydrogen-bond donors (Lipinski definition) is 0. The van der Waals surface area contributed by atoms with Gasteiger partial charge in [-0.1, -0.05) is 48.0 Å². The summed E-state index contributed by atoms with van der Waals surface area (Å²) < 4.78 is 5.83. The summed E-state index contributed by atoms with van der Waals surface area (Å²) in [5.41, 5.74) is 2.48. The normalized spacial score (nSPS) is 16.6. The van der Waals surface area contributed by atoms with E-state index in [1.165, 1.54) is 0 Å². The third kappa shape index (κ3) is 2.76. The number of benzene rings is 2. The number of hydrogen-bond acceptors (Lipinski definition) is 3. The topological polar surface area (TPSA) is 52.4 Å². The van der Waals surface area contributed by atoms with Gasteiger partial charge in [-0.3, -0.25) is 10.1 Å². The van der Waals surface area contributed by atoms with Crippen LogP contribution in [0.25, 0.3) is 11.8 Å². The monoisotopic (exact) mass is 301 g/mol. The summed E-state index contributed by atoms with van der Waals surface area (Å²) in [6.45, 7) is -0.279. The van der Waals surface area contributed by atoms with Gasteiger partial charge in [0.15, 0.2) is 6.10 Å². The van der Waals surface area contributed by atoms with Crippen LogP contribution in [-0.2, 0) is 4.74 Å². The van der Waals surface area contributed by atoms with Gasteiger partial charge in [-0.2, -0.15) is 0 Å². The van der Waals surface area contributed by atoms with Crippen LogP contribution in [0.1, 0.15) is 22.8 Å². The van der Waals surface area contributed by atoms with E-state index in [9.17, 15) is 10.1 Å². The summed E-state index contributed by atoms with van der Waals surface area (Å²) in [4.78, 5) is 10.5. The standard InChI is InChI=1S/C16H12ClNO3/c17-14-8-4-3-7-13(14)15-9-11-5-1-2-6-12(11)16(21-15)10-18(19)20/h1-9,16H,10H2. The molecule has 5 heteroatoms. The molecule has 21 heavy (non-hydrogen) atoms. The molecule has 0 aliphatic carbocycles. The van der Waals surface area contributed by atoms with Crippen molar-refractivity contribution in [2.75, 3.05) is 6.54 Å². The lowest BCUT2D eigenvalue weighted by Gasteiger charge is -2.25. The molecule has 4 nitrogen and oxygen atoms in total. The Balaban J connectivity index is 2.06. The molecule has 1 atom stereocenters. The third-order valence-corrected chi connectivity index (χ3v) is 3.68. The summed E-state index contributed by atoms with van der Waals surface area (Å²) in [5, 5.41) is 11.4. The van der Waals surface area contributed by atoms with Crippen LogP contribution in [0, 0.1) is 10.1 Å². The van der Waals surface area contributed by atoms with Crippen molar-refractivity contribution in [2.24, 2.45) is 0 Å². The number of fused-ring (bicyclic) bond motifs is 1. The second-order valence-electron chi connectivity index (χ2n) is 4.74. The molecule has 2 aromatic carbocycles. The Morgan fingerprint density at radius 2 is 1.86 bits per heavy atom. The molecule has 1 unspecified atom stereocenters. The van der Waals surface area contributed by atoms with E-state index in [-0.39, 0.29) is 11.5 Å². The molecule has 0 radical (unpaired) electrons. The molecule has 0 spiro atoms. The second-order valence-corrected chi connectivity index (χ2v) is 5.15.